The molecule has 0 spiro atoms. The summed E-state index contributed by atoms with van der Waals surface area (Å²) in [5, 5.41) is 4.29. The molecule has 1 aliphatic carbocycles. The molecule has 2 bridgehead atoms. The molecular weight excluding hydrogens is 130 g/mol. The second-order valence-corrected chi connectivity index (χ2v) is 2.88. The van der Waals surface area contributed by atoms with Crippen LogP contribution in [0.4, 0.5) is 4.79 Å². The van der Waals surface area contributed by atoms with Gasteiger partial charge in [0.25, 0.3) is 0 Å². The van der Waals surface area contributed by atoms with Crippen molar-refractivity contribution in [2.75, 3.05) is 7.05 Å². The number of fused-ring (bicyclic) bond motifs is 1. The van der Waals surface area contributed by atoms with Gasteiger partial charge in [-0.3, -0.25) is 5.01 Å². The highest BCUT2D eigenvalue weighted by Gasteiger charge is 2.44. The smallest absolute Gasteiger partial charge is 0.331 e. The molecule has 2 heterocycles. The normalized spacial score (nSPS) is 35.5. The molecule has 56 valence electrons. The third kappa shape index (κ3) is 0.623. The van der Waals surface area contributed by atoms with E-state index in [1.165, 1.54) is 0 Å². The first kappa shape index (κ1) is 5.97. The van der Waals surface area contributed by atoms with E-state index in [2.05, 4.69) is 10.7 Å². The van der Waals surface area contributed by atoms with Crippen molar-refractivity contribution in [3.05, 3.63) is 0 Å². The van der Waals surface area contributed by atoms with Crippen LogP contribution in [0.2, 0.25) is 0 Å². The van der Waals surface area contributed by atoms with Gasteiger partial charge in [-0.1, -0.05) is 0 Å². The molecule has 4 nitrogen and oxygen atoms in total. The average molecular weight is 141 g/mol. The lowest BCUT2D eigenvalue weighted by atomic mass is 9.90. The van der Waals surface area contributed by atoms with Crippen LogP contribution in [0.5, 0.6) is 0 Å². The maximum absolute atomic E-state index is 11.0. The van der Waals surface area contributed by atoms with Crippen LogP contribution in [0.1, 0.15) is 12.8 Å². The summed E-state index contributed by atoms with van der Waals surface area (Å²) >= 11 is 0. The Labute approximate surface area is 59.5 Å². The number of nitrogens with zero attached hydrogens (tertiary/aromatic N) is 1. The van der Waals surface area contributed by atoms with Crippen LogP contribution in [0.15, 0.2) is 0 Å². The molecule has 0 aromatic carbocycles. The van der Waals surface area contributed by atoms with E-state index >= 15 is 0 Å². The molecule has 2 saturated heterocycles. The van der Waals surface area contributed by atoms with Crippen LogP contribution in [-0.2, 0) is 0 Å². The molecular formula is C6H11N3O. The molecule has 0 atom stereocenters. The van der Waals surface area contributed by atoms with E-state index in [1.54, 1.807) is 12.1 Å². The number of carbonyl (C=O) groups excluding carboxylic acids is 1. The Morgan fingerprint density at radius 2 is 2.40 bits per heavy atom. The third-order valence-electron chi connectivity index (χ3n) is 2.23. The summed E-state index contributed by atoms with van der Waals surface area (Å²) in [6, 6.07) is 1.03. The highest BCUT2D eigenvalue weighted by molar-refractivity contribution is 5.74. The second kappa shape index (κ2) is 1.85. The minimum atomic E-state index is -0.00926. The first-order valence-corrected chi connectivity index (χ1v) is 3.58. The fourth-order valence-corrected chi connectivity index (χ4v) is 1.55. The van der Waals surface area contributed by atoms with Gasteiger partial charge in [-0.25, -0.2) is 10.2 Å². The summed E-state index contributed by atoms with van der Waals surface area (Å²) in [5.41, 5.74) is 3.10. The second-order valence-electron chi connectivity index (χ2n) is 2.88. The lowest BCUT2D eigenvalue weighted by Gasteiger charge is -2.22. The summed E-state index contributed by atoms with van der Waals surface area (Å²) in [6.07, 6.45) is 2.26. The number of urea groups is 1. The molecule has 10 heavy (non-hydrogen) atoms. The van der Waals surface area contributed by atoms with Gasteiger partial charge in [-0.2, -0.15) is 0 Å². The molecule has 2 amide bonds. The summed E-state index contributed by atoms with van der Waals surface area (Å²) in [4.78, 5) is 11.0. The molecule has 0 aromatic rings. The topological polar surface area (TPSA) is 44.4 Å². The Bertz CT molecular complexity index is 164. The summed E-state index contributed by atoms with van der Waals surface area (Å²) in [7, 11) is 1.65. The lowest BCUT2D eigenvalue weighted by Crippen LogP contribution is -2.43. The molecule has 4 heteroatoms. The maximum atomic E-state index is 11.0. The van der Waals surface area contributed by atoms with Crippen LogP contribution >= 0.6 is 0 Å². The minimum Gasteiger partial charge on any atom is -0.340 e. The molecule has 0 aromatic heterocycles. The molecule has 3 fully saturated rings. The molecule has 2 N–H and O–H groups in total. The largest absolute Gasteiger partial charge is 0.340 e. The zero-order chi connectivity index (χ0) is 7.14. The summed E-state index contributed by atoms with van der Waals surface area (Å²) in [5.74, 6) is 0. The number of nitrogens with one attached hydrogen (secondary N) is 2. The van der Waals surface area contributed by atoms with Crippen molar-refractivity contribution in [3.8, 4) is 0 Å². The Morgan fingerprint density at radius 1 is 1.70 bits per heavy atom. The van der Waals surface area contributed by atoms with Crippen LogP contribution in [0.3, 0.4) is 0 Å². The van der Waals surface area contributed by atoms with Crippen molar-refractivity contribution in [2.24, 2.45) is 0 Å². The predicted octanol–water partition coefficient (Wildman–Crippen LogP) is -0.323. The number of hydrogen-bond acceptors (Lipinski definition) is 2. The van der Waals surface area contributed by atoms with E-state index in [0.29, 0.717) is 12.1 Å². The SMILES string of the molecule is CNC(=O)N1NC2CC1C2. The Morgan fingerprint density at radius 3 is 2.80 bits per heavy atom. The van der Waals surface area contributed by atoms with E-state index in [9.17, 15) is 4.79 Å². The van der Waals surface area contributed by atoms with Gasteiger partial charge in [0.05, 0.1) is 6.04 Å². The van der Waals surface area contributed by atoms with E-state index in [0.717, 1.165) is 12.8 Å². The van der Waals surface area contributed by atoms with Crippen molar-refractivity contribution in [1.29, 1.82) is 0 Å². The molecule has 0 unspecified atom stereocenters. The van der Waals surface area contributed by atoms with Crippen LogP contribution in [-0.4, -0.2) is 30.2 Å². The Hall–Kier alpha value is -0.770. The highest BCUT2D eigenvalue weighted by Crippen LogP contribution is 2.31. The van der Waals surface area contributed by atoms with Crippen molar-refractivity contribution in [1.82, 2.24) is 15.8 Å². The van der Waals surface area contributed by atoms with Crippen molar-refractivity contribution >= 4 is 6.03 Å². The molecule has 3 aliphatic rings. The number of rotatable bonds is 0. The van der Waals surface area contributed by atoms with Gasteiger partial charge in [-0.05, 0) is 12.8 Å². The zero-order valence-electron chi connectivity index (χ0n) is 5.92. The number of hydrazine groups is 1. The van der Waals surface area contributed by atoms with Gasteiger partial charge in [0.2, 0.25) is 0 Å². The van der Waals surface area contributed by atoms with E-state index in [-0.39, 0.29) is 6.03 Å². The van der Waals surface area contributed by atoms with E-state index in [1.807, 2.05) is 0 Å². The van der Waals surface area contributed by atoms with Gasteiger partial charge in [0, 0.05) is 13.1 Å². The van der Waals surface area contributed by atoms with Crippen LogP contribution in [0.25, 0.3) is 0 Å². The quantitative estimate of drug-likeness (QED) is 0.485. The van der Waals surface area contributed by atoms with Crippen molar-refractivity contribution in [2.45, 2.75) is 24.9 Å². The molecule has 0 radical (unpaired) electrons. The standard InChI is InChI=1S/C6H11N3O/c1-7-6(10)9-5-2-4(3-5)8-9/h4-5,8H,2-3H2,1H3,(H,7,10). The maximum Gasteiger partial charge on any atom is 0.331 e. The van der Waals surface area contributed by atoms with Gasteiger partial charge >= 0.3 is 6.03 Å². The fourth-order valence-electron chi connectivity index (χ4n) is 1.55. The van der Waals surface area contributed by atoms with Gasteiger partial charge in [-0.15, -0.1) is 0 Å². The van der Waals surface area contributed by atoms with Gasteiger partial charge in [0.1, 0.15) is 0 Å². The van der Waals surface area contributed by atoms with E-state index < -0.39 is 0 Å². The van der Waals surface area contributed by atoms with Gasteiger partial charge in [0.15, 0.2) is 0 Å². The van der Waals surface area contributed by atoms with Gasteiger partial charge < -0.3 is 5.32 Å². The molecule has 2 aliphatic heterocycles. The Balaban J connectivity index is 2.00. The third-order valence-corrected chi connectivity index (χ3v) is 2.23. The van der Waals surface area contributed by atoms with E-state index in [4.69, 9.17) is 0 Å². The summed E-state index contributed by atoms with van der Waals surface area (Å²) in [6.45, 7) is 0. The van der Waals surface area contributed by atoms with Crippen molar-refractivity contribution in [3.63, 3.8) is 0 Å². The monoisotopic (exact) mass is 141 g/mol. The molecule has 1 saturated carbocycles. The average Bonchev–Trinajstić information content (AvgIpc) is 2.39. The summed E-state index contributed by atoms with van der Waals surface area (Å²) < 4.78 is 0. The Kier molecular flexibility index (Phi) is 1.11. The minimum absolute atomic E-state index is 0.00926. The van der Waals surface area contributed by atoms with Crippen LogP contribution < -0.4 is 10.7 Å². The first-order valence-electron chi connectivity index (χ1n) is 3.58. The zero-order valence-corrected chi connectivity index (χ0v) is 5.92. The molecule has 3 rings (SSSR count). The fraction of sp³-hybridized carbons (Fsp3) is 0.833. The van der Waals surface area contributed by atoms with Crippen LogP contribution in [0, 0.1) is 0 Å². The lowest BCUT2D eigenvalue weighted by molar-refractivity contribution is 0.183. The number of hydrogen-bond donors (Lipinski definition) is 2. The number of amides is 2. The first-order chi connectivity index (χ1) is 4.81. The number of carbonyl (C=O) groups is 1. The predicted molar refractivity (Wildman–Crippen MR) is 36.2 cm³/mol. The van der Waals surface area contributed by atoms with Crippen molar-refractivity contribution < 1.29 is 4.79 Å². The highest BCUT2D eigenvalue weighted by atomic mass is 16.2.